The van der Waals surface area contributed by atoms with Crippen LogP contribution in [0, 0.1) is 0 Å². The molecule has 0 spiro atoms. The summed E-state index contributed by atoms with van der Waals surface area (Å²) < 4.78 is 10.2. The third-order valence-electron chi connectivity index (χ3n) is 1.98. The summed E-state index contributed by atoms with van der Waals surface area (Å²) in [6, 6.07) is 0. The third-order valence-corrected chi connectivity index (χ3v) is 1.98. The van der Waals surface area contributed by atoms with Gasteiger partial charge in [0.25, 0.3) is 0 Å². The second-order valence-electron chi connectivity index (χ2n) is 3.03. The molecule has 6 heteroatoms. The Morgan fingerprint density at radius 1 is 1.57 bits per heavy atom. The van der Waals surface area contributed by atoms with Crippen LogP contribution in [0.2, 0.25) is 0 Å². The molecule has 0 aliphatic carbocycles. The summed E-state index contributed by atoms with van der Waals surface area (Å²) in [4.78, 5) is 9.89. The van der Waals surface area contributed by atoms with Crippen LogP contribution in [0.15, 0.2) is 0 Å². The Hall–Kier alpha value is -0.690. The highest BCUT2D eigenvalue weighted by atomic mass is 16.7. The fraction of sp³-hybridized carbons (Fsp3) is 0.875. The van der Waals surface area contributed by atoms with E-state index in [1.807, 2.05) is 0 Å². The number of amides is 1. The van der Waals surface area contributed by atoms with E-state index in [1.165, 1.54) is 0 Å². The van der Waals surface area contributed by atoms with Crippen LogP contribution in [0.4, 0.5) is 0 Å². The zero-order valence-corrected chi connectivity index (χ0v) is 7.76. The average Bonchev–Trinajstić information content (AvgIpc) is 2.19. The van der Waals surface area contributed by atoms with Gasteiger partial charge in [-0.2, -0.15) is 0 Å². The van der Waals surface area contributed by atoms with Gasteiger partial charge in [-0.3, -0.25) is 4.79 Å². The van der Waals surface area contributed by atoms with Gasteiger partial charge in [0.1, 0.15) is 6.10 Å². The molecule has 1 rings (SSSR count). The van der Waals surface area contributed by atoms with Gasteiger partial charge in [-0.25, -0.2) is 0 Å². The van der Waals surface area contributed by atoms with Gasteiger partial charge in [0.15, 0.2) is 6.29 Å². The van der Waals surface area contributed by atoms with Crippen molar-refractivity contribution in [2.75, 3.05) is 19.8 Å². The van der Waals surface area contributed by atoms with Crippen LogP contribution in [-0.2, 0) is 14.3 Å². The molecule has 1 fully saturated rings. The Morgan fingerprint density at radius 2 is 2.36 bits per heavy atom. The van der Waals surface area contributed by atoms with Crippen molar-refractivity contribution < 1.29 is 24.5 Å². The van der Waals surface area contributed by atoms with E-state index in [0.29, 0.717) is 26.0 Å². The number of aliphatic hydroxyl groups is 2. The first kappa shape index (κ1) is 11.4. The summed E-state index contributed by atoms with van der Waals surface area (Å²) in [5.74, 6) is 0. The van der Waals surface area contributed by atoms with E-state index in [9.17, 15) is 15.0 Å². The molecule has 0 unspecified atom stereocenters. The smallest absolute Gasteiger partial charge is 0.207 e. The molecule has 1 amide bonds. The van der Waals surface area contributed by atoms with Crippen LogP contribution in [-0.4, -0.2) is 54.9 Å². The zero-order valence-electron chi connectivity index (χ0n) is 7.76. The highest BCUT2D eigenvalue weighted by molar-refractivity contribution is 5.45. The second kappa shape index (κ2) is 5.92. The predicted molar refractivity (Wildman–Crippen MR) is 46.4 cm³/mol. The summed E-state index contributed by atoms with van der Waals surface area (Å²) in [5.41, 5.74) is 0. The lowest BCUT2D eigenvalue weighted by Gasteiger charge is -2.31. The molecule has 1 saturated heterocycles. The molecule has 0 aromatic carbocycles. The molecule has 6 nitrogen and oxygen atoms in total. The van der Waals surface area contributed by atoms with E-state index in [0.717, 1.165) is 0 Å². The normalized spacial score (nSPS) is 32.6. The Morgan fingerprint density at radius 3 is 3.07 bits per heavy atom. The molecule has 1 heterocycles. The van der Waals surface area contributed by atoms with Crippen molar-refractivity contribution in [3.63, 3.8) is 0 Å². The Kier molecular flexibility index (Phi) is 4.81. The van der Waals surface area contributed by atoms with Gasteiger partial charge in [0.05, 0.1) is 19.3 Å². The SMILES string of the molecule is O=CNCCO[C@@H]1OCC[C@@H](O)[C@@H]1O. The number of nitrogens with one attached hydrogen (secondary N) is 1. The predicted octanol–water partition coefficient (Wildman–Crippen LogP) is -1.78. The summed E-state index contributed by atoms with van der Waals surface area (Å²) in [5, 5.41) is 21.1. The average molecular weight is 205 g/mol. The first-order valence-electron chi connectivity index (χ1n) is 4.52. The van der Waals surface area contributed by atoms with E-state index in [2.05, 4.69) is 5.32 Å². The lowest BCUT2D eigenvalue weighted by molar-refractivity contribution is -0.241. The molecule has 1 aliphatic heterocycles. The first-order valence-corrected chi connectivity index (χ1v) is 4.52. The minimum Gasteiger partial charge on any atom is -0.390 e. The molecule has 0 aromatic heterocycles. The molecule has 14 heavy (non-hydrogen) atoms. The Balaban J connectivity index is 2.18. The molecule has 3 atom stereocenters. The number of carbonyl (C=O) groups excluding carboxylic acids is 1. The molecule has 0 radical (unpaired) electrons. The van der Waals surface area contributed by atoms with Crippen molar-refractivity contribution in [2.45, 2.75) is 24.9 Å². The van der Waals surface area contributed by atoms with Crippen LogP contribution in [0.1, 0.15) is 6.42 Å². The summed E-state index contributed by atoms with van der Waals surface area (Å²) >= 11 is 0. The van der Waals surface area contributed by atoms with E-state index in [-0.39, 0.29) is 6.61 Å². The van der Waals surface area contributed by atoms with Crippen molar-refractivity contribution in [1.29, 1.82) is 0 Å². The van der Waals surface area contributed by atoms with Gasteiger partial charge in [0, 0.05) is 6.54 Å². The second-order valence-corrected chi connectivity index (χ2v) is 3.03. The first-order chi connectivity index (χ1) is 6.75. The fourth-order valence-corrected chi connectivity index (χ4v) is 1.20. The van der Waals surface area contributed by atoms with Gasteiger partial charge >= 0.3 is 0 Å². The summed E-state index contributed by atoms with van der Waals surface area (Å²) in [6.45, 7) is 0.962. The van der Waals surface area contributed by atoms with Gasteiger partial charge in [-0.15, -0.1) is 0 Å². The van der Waals surface area contributed by atoms with Gasteiger partial charge in [-0.1, -0.05) is 0 Å². The Bertz CT molecular complexity index is 177. The molecule has 0 aromatic rings. The minimum atomic E-state index is -1.01. The molecular formula is C8H15NO5. The van der Waals surface area contributed by atoms with Crippen LogP contribution in [0.5, 0.6) is 0 Å². The zero-order chi connectivity index (χ0) is 10.4. The van der Waals surface area contributed by atoms with E-state index < -0.39 is 18.5 Å². The summed E-state index contributed by atoms with van der Waals surface area (Å²) in [7, 11) is 0. The number of rotatable bonds is 5. The molecule has 3 N–H and O–H groups in total. The van der Waals surface area contributed by atoms with Gasteiger partial charge in [0.2, 0.25) is 6.41 Å². The maximum Gasteiger partial charge on any atom is 0.207 e. The lowest BCUT2D eigenvalue weighted by Crippen LogP contribution is -2.46. The van der Waals surface area contributed by atoms with Crippen molar-refractivity contribution in [3.05, 3.63) is 0 Å². The van der Waals surface area contributed by atoms with Crippen molar-refractivity contribution in [3.8, 4) is 0 Å². The van der Waals surface area contributed by atoms with E-state index in [4.69, 9.17) is 9.47 Å². The topological polar surface area (TPSA) is 88.0 Å². The maximum absolute atomic E-state index is 9.89. The van der Waals surface area contributed by atoms with Gasteiger partial charge < -0.3 is 25.0 Å². The molecule has 1 aliphatic rings. The standard InChI is InChI=1S/C8H15NO5/c10-5-9-2-4-14-8-7(12)6(11)1-3-13-8/h5-8,11-12H,1-4H2,(H,9,10)/t6-,7+,8+/m1/s1. The number of hydrogen-bond acceptors (Lipinski definition) is 5. The number of aliphatic hydroxyl groups excluding tert-OH is 2. The summed E-state index contributed by atoms with van der Waals surface area (Å²) in [6.07, 6.45) is -1.63. The van der Waals surface area contributed by atoms with E-state index >= 15 is 0 Å². The number of carbonyl (C=O) groups is 1. The molecule has 0 bridgehead atoms. The van der Waals surface area contributed by atoms with Crippen molar-refractivity contribution in [2.24, 2.45) is 0 Å². The highest BCUT2D eigenvalue weighted by Crippen LogP contribution is 2.15. The molecule has 0 saturated carbocycles. The van der Waals surface area contributed by atoms with E-state index in [1.54, 1.807) is 0 Å². The number of hydrogen-bond donors (Lipinski definition) is 3. The van der Waals surface area contributed by atoms with Gasteiger partial charge in [-0.05, 0) is 6.42 Å². The lowest BCUT2D eigenvalue weighted by atomic mass is 10.1. The molecule has 82 valence electrons. The Labute approximate surface area is 81.8 Å². The van der Waals surface area contributed by atoms with Crippen LogP contribution >= 0.6 is 0 Å². The highest BCUT2D eigenvalue weighted by Gasteiger charge is 2.31. The number of ether oxygens (including phenoxy) is 2. The minimum absolute atomic E-state index is 0.243. The van der Waals surface area contributed by atoms with Crippen molar-refractivity contribution in [1.82, 2.24) is 5.32 Å². The largest absolute Gasteiger partial charge is 0.390 e. The monoisotopic (exact) mass is 205 g/mol. The quantitative estimate of drug-likeness (QED) is 0.365. The van der Waals surface area contributed by atoms with Crippen LogP contribution < -0.4 is 5.32 Å². The van der Waals surface area contributed by atoms with Crippen LogP contribution in [0.3, 0.4) is 0 Å². The molecular weight excluding hydrogens is 190 g/mol. The third kappa shape index (κ3) is 3.22. The fourth-order valence-electron chi connectivity index (χ4n) is 1.20. The van der Waals surface area contributed by atoms with Crippen LogP contribution in [0.25, 0.3) is 0 Å². The van der Waals surface area contributed by atoms with Crippen molar-refractivity contribution >= 4 is 6.41 Å². The maximum atomic E-state index is 9.89.